The Bertz CT molecular complexity index is 611. The van der Waals surface area contributed by atoms with E-state index in [1.807, 2.05) is 0 Å². The number of para-hydroxylation sites is 1. The Morgan fingerprint density at radius 2 is 1.89 bits per heavy atom. The average molecular weight is 402 g/mol. The molecule has 0 bridgehead atoms. The molecule has 0 aromatic heterocycles. The van der Waals surface area contributed by atoms with Gasteiger partial charge >= 0.3 is 5.97 Å². The summed E-state index contributed by atoms with van der Waals surface area (Å²) in [4.78, 5) is 11.3. The van der Waals surface area contributed by atoms with Crippen LogP contribution in [0.1, 0.15) is 17.9 Å². The zero-order chi connectivity index (χ0) is 19.7. The summed E-state index contributed by atoms with van der Waals surface area (Å²) in [6, 6.07) is 5.07. The van der Waals surface area contributed by atoms with Crippen molar-refractivity contribution < 1.29 is 38.7 Å². The molecule has 2 atom stereocenters. The molecule has 0 radical (unpaired) electrons. The number of hydrogen-bond acceptors (Lipinski definition) is 8. The Morgan fingerprint density at radius 1 is 1.22 bits per heavy atom. The van der Waals surface area contributed by atoms with Crippen LogP contribution in [-0.2, 0) is 23.7 Å². The number of phenols is 1. The van der Waals surface area contributed by atoms with E-state index in [1.165, 1.54) is 18.7 Å². The highest BCUT2D eigenvalue weighted by atomic mass is 32.2. The van der Waals surface area contributed by atoms with Crippen molar-refractivity contribution in [3.63, 3.8) is 0 Å². The summed E-state index contributed by atoms with van der Waals surface area (Å²) in [5, 5.41) is 19.7. The third kappa shape index (κ3) is 6.25. The monoisotopic (exact) mass is 402 g/mol. The standard InChI is InChI=1S/C18H26O8S/c1-18(17(20)21)12-27-16(26-18)13-4-3-5-14(15(13)19)25-11-10-24-9-8-23-7-6-22-2/h3-5,16,19H,6-12H2,1-2H3,(H,20,21)/t16?,18-/m1/s1. The Kier molecular flexibility index (Phi) is 8.65. The number of methoxy groups -OCH3 is 1. The van der Waals surface area contributed by atoms with Crippen LogP contribution in [0.15, 0.2) is 18.2 Å². The molecule has 1 aliphatic rings. The van der Waals surface area contributed by atoms with Gasteiger partial charge in [0, 0.05) is 18.4 Å². The molecule has 1 aliphatic heterocycles. The maximum absolute atomic E-state index is 11.3. The molecule has 2 rings (SSSR count). The number of carboxylic acids is 1. The van der Waals surface area contributed by atoms with Crippen LogP contribution in [0, 0.1) is 0 Å². The first-order valence-corrected chi connectivity index (χ1v) is 9.64. The third-order valence-electron chi connectivity index (χ3n) is 3.90. The van der Waals surface area contributed by atoms with E-state index in [9.17, 15) is 15.0 Å². The van der Waals surface area contributed by atoms with Gasteiger partial charge in [-0.25, -0.2) is 4.79 Å². The minimum absolute atomic E-state index is 0.0486. The lowest BCUT2D eigenvalue weighted by Gasteiger charge is -2.19. The van der Waals surface area contributed by atoms with E-state index in [0.29, 0.717) is 50.1 Å². The van der Waals surface area contributed by atoms with Crippen LogP contribution in [0.2, 0.25) is 0 Å². The molecule has 1 aromatic rings. The van der Waals surface area contributed by atoms with Crippen molar-refractivity contribution in [2.24, 2.45) is 0 Å². The molecule has 1 unspecified atom stereocenters. The average Bonchev–Trinajstić information content (AvgIpc) is 3.05. The molecule has 1 aromatic carbocycles. The quantitative estimate of drug-likeness (QED) is 0.508. The minimum atomic E-state index is -1.27. The summed E-state index contributed by atoms with van der Waals surface area (Å²) in [6.07, 6.45) is 0. The van der Waals surface area contributed by atoms with Crippen LogP contribution in [0.4, 0.5) is 0 Å². The van der Waals surface area contributed by atoms with Gasteiger partial charge in [-0.2, -0.15) is 0 Å². The number of thioether (sulfide) groups is 1. The number of carboxylic acid groups (broad SMARTS) is 1. The molecular formula is C18H26O8S. The van der Waals surface area contributed by atoms with Crippen molar-refractivity contribution in [2.75, 3.05) is 52.5 Å². The molecule has 8 nitrogen and oxygen atoms in total. The Balaban J connectivity index is 1.77. The first kappa shape index (κ1) is 21.8. The van der Waals surface area contributed by atoms with E-state index in [4.69, 9.17) is 23.7 Å². The van der Waals surface area contributed by atoms with Crippen molar-refractivity contribution >= 4 is 17.7 Å². The van der Waals surface area contributed by atoms with Gasteiger partial charge in [-0.15, -0.1) is 11.8 Å². The highest BCUT2D eigenvalue weighted by Crippen LogP contribution is 2.48. The Hall–Kier alpha value is -1.52. The zero-order valence-corrected chi connectivity index (χ0v) is 16.3. The van der Waals surface area contributed by atoms with Crippen molar-refractivity contribution in [1.82, 2.24) is 0 Å². The number of ether oxygens (including phenoxy) is 5. The number of benzene rings is 1. The van der Waals surface area contributed by atoms with Crippen molar-refractivity contribution in [3.05, 3.63) is 23.8 Å². The maximum atomic E-state index is 11.3. The second-order valence-corrected chi connectivity index (χ2v) is 7.11. The number of aliphatic carboxylic acids is 1. The smallest absolute Gasteiger partial charge is 0.336 e. The van der Waals surface area contributed by atoms with E-state index in [-0.39, 0.29) is 12.4 Å². The Labute approximate surface area is 162 Å². The predicted molar refractivity (Wildman–Crippen MR) is 99.4 cm³/mol. The largest absolute Gasteiger partial charge is 0.504 e. The van der Waals surface area contributed by atoms with Gasteiger partial charge in [-0.1, -0.05) is 12.1 Å². The summed E-state index contributed by atoms with van der Waals surface area (Å²) in [5.74, 6) is -0.460. The van der Waals surface area contributed by atoms with Crippen LogP contribution in [-0.4, -0.2) is 74.3 Å². The topological polar surface area (TPSA) is 104 Å². The van der Waals surface area contributed by atoms with Crippen LogP contribution in [0.3, 0.4) is 0 Å². The van der Waals surface area contributed by atoms with Gasteiger partial charge in [-0.3, -0.25) is 0 Å². The van der Waals surface area contributed by atoms with Crippen LogP contribution < -0.4 is 4.74 Å². The fourth-order valence-corrected chi connectivity index (χ4v) is 3.64. The summed E-state index contributed by atoms with van der Waals surface area (Å²) in [5.41, 5.74) is -1.33. The lowest BCUT2D eigenvalue weighted by Crippen LogP contribution is -2.37. The van der Waals surface area contributed by atoms with Gasteiger partial charge in [0.05, 0.1) is 33.0 Å². The molecule has 0 aliphatic carbocycles. The molecule has 27 heavy (non-hydrogen) atoms. The van der Waals surface area contributed by atoms with Crippen molar-refractivity contribution in [2.45, 2.75) is 18.0 Å². The third-order valence-corrected chi connectivity index (χ3v) is 5.27. The van der Waals surface area contributed by atoms with E-state index >= 15 is 0 Å². The molecule has 0 spiro atoms. The summed E-state index contributed by atoms with van der Waals surface area (Å²) >= 11 is 1.33. The van der Waals surface area contributed by atoms with Crippen LogP contribution >= 0.6 is 11.8 Å². The van der Waals surface area contributed by atoms with Crippen LogP contribution in [0.25, 0.3) is 0 Å². The molecule has 0 amide bonds. The number of aromatic hydroxyl groups is 1. The van der Waals surface area contributed by atoms with Crippen molar-refractivity contribution in [3.8, 4) is 11.5 Å². The van der Waals surface area contributed by atoms with Gasteiger partial charge in [0.2, 0.25) is 0 Å². The van der Waals surface area contributed by atoms with Crippen molar-refractivity contribution in [1.29, 1.82) is 0 Å². The summed E-state index contributed by atoms with van der Waals surface area (Å²) in [7, 11) is 1.61. The molecule has 152 valence electrons. The number of hydrogen-bond donors (Lipinski definition) is 2. The number of rotatable bonds is 12. The molecule has 9 heteroatoms. The lowest BCUT2D eigenvalue weighted by atomic mass is 10.1. The maximum Gasteiger partial charge on any atom is 0.336 e. The molecule has 2 N–H and O–H groups in total. The fourth-order valence-electron chi connectivity index (χ4n) is 2.33. The molecule has 1 fully saturated rings. The SMILES string of the molecule is COCCOCCOCCOc1cccc(C2O[C@@](C)(C(=O)O)CS2)c1O. The number of phenolic OH excluding ortho intramolecular Hbond substituents is 1. The molecule has 0 saturated carbocycles. The number of carbonyl (C=O) groups is 1. The Morgan fingerprint density at radius 3 is 2.52 bits per heavy atom. The van der Waals surface area contributed by atoms with Gasteiger partial charge in [0.1, 0.15) is 12.0 Å². The van der Waals surface area contributed by atoms with Gasteiger partial charge in [0.25, 0.3) is 0 Å². The highest BCUT2D eigenvalue weighted by Gasteiger charge is 2.44. The van der Waals surface area contributed by atoms with E-state index in [0.717, 1.165) is 0 Å². The molecule has 1 saturated heterocycles. The van der Waals surface area contributed by atoms with E-state index < -0.39 is 17.0 Å². The first-order chi connectivity index (χ1) is 13.0. The van der Waals surface area contributed by atoms with Gasteiger partial charge in [-0.05, 0) is 13.0 Å². The zero-order valence-electron chi connectivity index (χ0n) is 15.5. The fraction of sp³-hybridized carbons (Fsp3) is 0.611. The second-order valence-electron chi connectivity index (χ2n) is 6.06. The highest BCUT2D eigenvalue weighted by molar-refractivity contribution is 7.99. The van der Waals surface area contributed by atoms with Crippen LogP contribution in [0.5, 0.6) is 11.5 Å². The van der Waals surface area contributed by atoms with E-state index in [2.05, 4.69) is 0 Å². The van der Waals surface area contributed by atoms with Gasteiger partial charge < -0.3 is 33.9 Å². The first-order valence-electron chi connectivity index (χ1n) is 8.60. The predicted octanol–water partition coefficient (Wildman–Crippen LogP) is 2.06. The summed E-state index contributed by atoms with van der Waals surface area (Å²) < 4.78 is 26.7. The minimum Gasteiger partial charge on any atom is -0.504 e. The molecular weight excluding hydrogens is 376 g/mol. The second kappa shape index (κ2) is 10.7. The molecule has 1 heterocycles. The summed E-state index contributed by atoms with van der Waals surface area (Å²) in [6.45, 7) is 4.13. The normalized spacial score (nSPS) is 22.1. The lowest BCUT2D eigenvalue weighted by molar-refractivity contribution is -0.160. The van der Waals surface area contributed by atoms with Gasteiger partial charge in [0.15, 0.2) is 17.1 Å². The van der Waals surface area contributed by atoms with E-state index in [1.54, 1.807) is 25.3 Å².